The van der Waals surface area contributed by atoms with Gasteiger partial charge in [0.2, 0.25) is 0 Å². The lowest BCUT2D eigenvalue weighted by molar-refractivity contribution is 0.0950. The molecule has 0 fully saturated rings. The van der Waals surface area contributed by atoms with E-state index in [9.17, 15) is 0 Å². The third-order valence-electron chi connectivity index (χ3n) is 12.0. The van der Waals surface area contributed by atoms with Crippen LogP contribution >= 0.6 is 0 Å². The monoisotopic (exact) mass is 665 g/mol. The highest BCUT2D eigenvalue weighted by molar-refractivity contribution is 6.01. The van der Waals surface area contributed by atoms with Gasteiger partial charge in [0.25, 0.3) is 0 Å². The van der Waals surface area contributed by atoms with Gasteiger partial charge in [0.05, 0.1) is 11.4 Å². The van der Waals surface area contributed by atoms with E-state index >= 15 is 0 Å². The summed E-state index contributed by atoms with van der Waals surface area (Å²) in [7, 11) is 0. The summed E-state index contributed by atoms with van der Waals surface area (Å²) in [5.41, 5.74) is 19.2. The summed E-state index contributed by atoms with van der Waals surface area (Å²) in [6.07, 6.45) is 0. The van der Waals surface area contributed by atoms with E-state index in [1.54, 1.807) is 0 Å². The van der Waals surface area contributed by atoms with Crippen LogP contribution in [0.25, 0.3) is 33.4 Å². The second-order valence-electron chi connectivity index (χ2n) is 17.6. The minimum atomic E-state index is -0.220. The summed E-state index contributed by atoms with van der Waals surface area (Å²) in [5, 5.41) is 0. The van der Waals surface area contributed by atoms with E-state index in [1.807, 2.05) is 0 Å². The second-order valence-corrected chi connectivity index (χ2v) is 17.6. The van der Waals surface area contributed by atoms with Gasteiger partial charge in [-0.3, -0.25) is 0 Å². The maximum Gasteiger partial charge on any atom is 0.0546 e. The molecule has 2 aliphatic rings. The summed E-state index contributed by atoms with van der Waals surface area (Å²) in [6.45, 7) is 24.0. The number of aryl methyl sites for hydroxylation is 2. The Morgan fingerprint density at radius 1 is 0.451 bits per heavy atom. The highest BCUT2D eigenvalue weighted by Gasteiger charge is 2.58. The van der Waals surface area contributed by atoms with Crippen LogP contribution in [-0.4, -0.2) is 0 Å². The summed E-state index contributed by atoms with van der Waals surface area (Å²) < 4.78 is 0. The van der Waals surface area contributed by atoms with Crippen molar-refractivity contribution < 1.29 is 0 Å². The van der Waals surface area contributed by atoms with E-state index in [-0.39, 0.29) is 21.7 Å². The van der Waals surface area contributed by atoms with Crippen molar-refractivity contribution in [2.45, 2.75) is 80.1 Å². The smallest absolute Gasteiger partial charge is 0.0546 e. The zero-order valence-corrected chi connectivity index (χ0v) is 32.1. The number of fused-ring (bicyclic) bond motifs is 6. The van der Waals surface area contributed by atoms with Crippen molar-refractivity contribution in [1.29, 1.82) is 0 Å². The summed E-state index contributed by atoms with van der Waals surface area (Å²) in [6, 6.07) is 48.2. The molecule has 2 aliphatic carbocycles. The van der Waals surface area contributed by atoms with E-state index in [1.165, 1.54) is 78.1 Å². The van der Waals surface area contributed by atoms with Crippen molar-refractivity contribution in [2.24, 2.45) is 10.8 Å². The van der Waals surface area contributed by atoms with Crippen LogP contribution in [0.1, 0.15) is 88.8 Å². The first kappa shape index (κ1) is 33.3. The van der Waals surface area contributed by atoms with Gasteiger partial charge in [-0.2, -0.15) is 0 Å². The Hall–Kier alpha value is -4.88. The highest BCUT2D eigenvalue weighted by atomic mass is 15.1. The minimum absolute atomic E-state index is 0.0564. The molecule has 6 aromatic carbocycles. The summed E-state index contributed by atoms with van der Waals surface area (Å²) in [4.78, 5) is 2.60. The van der Waals surface area contributed by atoms with E-state index < -0.39 is 0 Å². The zero-order valence-electron chi connectivity index (χ0n) is 32.1. The van der Waals surface area contributed by atoms with Crippen molar-refractivity contribution in [3.05, 3.63) is 161 Å². The Kier molecular flexibility index (Phi) is 7.38. The normalized spacial score (nSPS) is 15.2. The average molecular weight is 666 g/mol. The molecule has 0 saturated carbocycles. The highest BCUT2D eigenvalue weighted by Crippen LogP contribution is 2.67. The van der Waals surface area contributed by atoms with Crippen LogP contribution in [0.15, 0.2) is 127 Å². The standard InChI is InChI=1S/C50H51N/c1-32-26-27-38-41(28-32)50(47(3,4)5,48(6,7)8)42-29-33(2)30-44(46(38)42)51(36-21-16-20-35(31-36)34-18-12-11-13-19-34)43-25-17-24-40-45(43)37-22-14-15-23-39(37)49(40,9)10/h11-31H,1-10H3. The van der Waals surface area contributed by atoms with Crippen molar-refractivity contribution in [2.75, 3.05) is 4.90 Å². The lowest BCUT2D eigenvalue weighted by Crippen LogP contribution is -2.50. The van der Waals surface area contributed by atoms with E-state index in [0.717, 1.165) is 5.69 Å². The van der Waals surface area contributed by atoms with Gasteiger partial charge in [-0.1, -0.05) is 164 Å². The molecular formula is C50H51N. The number of anilines is 3. The van der Waals surface area contributed by atoms with Crippen LogP contribution in [0.5, 0.6) is 0 Å². The predicted octanol–water partition coefficient (Wildman–Crippen LogP) is 14.1. The Labute approximate surface area is 306 Å². The van der Waals surface area contributed by atoms with Crippen molar-refractivity contribution >= 4 is 17.1 Å². The second kappa shape index (κ2) is 11.3. The fourth-order valence-corrected chi connectivity index (χ4v) is 10.4. The van der Waals surface area contributed by atoms with Crippen molar-refractivity contribution in [1.82, 2.24) is 0 Å². The number of benzene rings is 6. The van der Waals surface area contributed by atoms with Crippen molar-refractivity contribution in [3.63, 3.8) is 0 Å². The molecule has 0 aromatic heterocycles. The predicted molar refractivity (Wildman–Crippen MR) is 219 cm³/mol. The van der Waals surface area contributed by atoms with Gasteiger partial charge in [0.15, 0.2) is 0 Å². The molecule has 0 unspecified atom stereocenters. The SMILES string of the molecule is Cc1ccc2c(c1)C(C(C)(C)C)(C(C)(C)C)c1cc(C)cc(N(c3cccc(-c4ccccc4)c3)c3cccc4c3-c3ccccc3C4(C)C)c1-2. The molecule has 1 heteroatoms. The molecule has 1 nitrogen and oxygen atoms in total. The third kappa shape index (κ3) is 4.73. The zero-order chi connectivity index (χ0) is 36.1. The lowest BCUT2D eigenvalue weighted by atomic mass is 9.50. The fraction of sp³-hybridized carbons (Fsp3) is 0.280. The largest absolute Gasteiger partial charge is 0.309 e. The number of rotatable bonds is 4. The van der Waals surface area contributed by atoms with Crippen LogP contribution in [-0.2, 0) is 10.8 Å². The Morgan fingerprint density at radius 2 is 1.04 bits per heavy atom. The maximum absolute atomic E-state index is 2.60. The van der Waals surface area contributed by atoms with Crippen LogP contribution in [0.2, 0.25) is 0 Å². The van der Waals surface area contributed by atoms with Crippen molar-refractivity contribution in [3.8, 4) is 33.4 Å². The van der Waals surface area contributed by atoms with Gasteiger partial charge >= 0.3 is 0 Å². The average Bonchev–Trinajstić information content (AvgIpc) is 3.51. The van der Waals surface area contributed by atoms with Crippen LogP contribution in [0.4, 0.5) is 17.1 Å². The van der Waals surface area contributed by atoms with Gasteiger partial charge < -0.3 is 4.90 Å². The van der Waals surface area contributed by atoms with Gasteiger partial charge in [-0.05, 0) is 99.0 Å². The van der Waals surface area contributed by atoms with Gasteiger partial charge in [-0.25, -0.2) is 0 Å². The van der Waals surface area contributed by atoms with Gasteiger partial charge in [0.1, 0.15) is 0 Å². The van der Waals surface area contributed by atoms with Crippen LogP contribution < -0.4 is 4.90 Å². The minimum Gasteiger partial charge on any atom is -0.309 e. The summed E-state index contributed by atoms with van der Waals surface area (Å²) >= 11 is 0. The molecule has 0 N–H and O–H groups in total. The van der Waals surface area contributed by atoms with Crippen LogP contribution in [0, 0.1) is 24.7 Å². The molecule has 0 radical (unpaired) electrons. The molecule has 6 aromatic rings. The molecule has 0 bridgehead atoms. The third-order valence-corrected chi connectivity index (χ3v) is 12.0. The summed E-state index contributed by atoms with van der Waals surface area (Å²) in [5.74, 6) is 0. The number of hydrogen-bond donors (Lipinski definition) is 0. The van der Waals surface area contributed by atoms with Crippen LogP contribution in [0.3, 0.4) is 0 Å². The number of hydrogen-bond acceptors (Lipinski definition) is 1. The lowest BCUT2D eigenvalue weighted by Gasteiger charge is -2.53. The fourth-order valence-electron chi connectivity index (χ4n) is 10.4. The molecule has 0 spiro atoms. The van der Waals surface area contributed by atoms with E-state index in [0.29, 0.717) is 0 Å². The first-order valence-electron chi connectivity index (χ1n) is 18.6. The molecule has 0 heterocycles. The van der Waals surface area contributed by atoms with Gasteiger partial charge in [-0.15, -0.1) is 0 Å². The molecule has 8 rings (SSSR count). The quantitative estimate of drug-likeness (QED) is 0.181. The molecule has 256 valence electrons. The number of nitrogens with zero attached hydrogens (tertiary/aromatic N) is 1. The first-order chi connectivity index (χ1) is 24.2. The molecule has 0 aliphatic heterocycles. The Bertz CT molecular complexity index is 2310. The van der Waals surface area contributed by atoms with E-state index in [2.05, 4.69) is 202 Å². The molecule has 0 amide bonds. The molecule has 0 saturated heterocycles. The van der Waals surface area contributed by atoms with Gasteiger partial charge in [0, 0.05) is 27.6 Å². The molecule has 51 heavy (non-hydrogen) atoms. The molecular weight excluding hydrogens is 615 g/mol. The Balaban J connectivity index is 1.52. The first-order valence-corrected chi connectivity index (χ1v) is 18.6. The topological polar surface area (TPSA) is 3.24 Å². The Morgan fingerprint density at radius 3 is 1.76 bits per heavy atom. The van der Waals surface area contributed by atoms with E-state index in [4.69, 9.17) is 0 Å². The molecule has 0 atom stereocenters. The maximum atomic E-state index is 2.60.